The van der Waals surface area contributed by atoms with Gasteiger partial charge in [-0.15, -0.1) is 0 Å². The molecule has 1 aliphatic rings. The molecule has 0 aliphatic carbocycles. The van der Waals surface area contributed by atoms with Gasteiger partial charge in [0.2, 0.25) is 10.0 Å². The molecule has 1 fully saturated rings. The van der Waals surface area contributed by atoms with Crippen molar-refractivity contribution in [3.63, 3.8) is 0 Å². The number of nitrogens with one attached hydrogen (secondary N) is 1. The Hall–Kier alpha value is -1.11. The summed E-state index contributed by atoms with van der Waals surface area (Å²) in [5.74, 6) is 0.394. The monoisotopic (exact) mass is 297 g/mol. The molecule has 0 bridgehead atoms. The van der Waals surface area contributed by atoms with Crippen LogP contribution in [0.2, 0.25) is 0 Å². The van der Waals surface area contributed by atoms with Gasteiger partial charge >= 0.3 is 0 Å². The molecule has 3 N–H and O–H groups in total. The number of likely N-dealkylation sites (tertiary alicyclic amines) is 1. The minimum atomic E-state index is -3.29. The van der Waals surface area contributed by atoms with Crippen LogP contribution in [0.25, 0.3) is 0 Å². The molecule has 0 amide bonds. The van der Waals surface area contributed by atoms with E-state index in [0.29, 0.717) is 18.2 Å². The number of nitrogens with zero attached hydrogens (tertiary/aromatic N) is 1. The minimum absolute atomic E-state index is 0.0133. The smallest absolute Gasteiger partial charge is 0.215 e. The zero-order valence-electron chi connectivity index (χ0n) is 11.9. The highest BCUT2D eigenvalue weighted by atomic mass is 32.2. The Morgan fingerprint density at radius 1 is 1.45 bits per heavy atom. The van der Waals surface area contributed by atoms with Crippen LogP contribution in [0.5, 0.6) is 0 Å². The quantitative estimate of drug-likeness (QED) is 0.796. The van der Waals surface area contributed by atoms with Gasteiger partial charge in [-0.25, -0.2) is 13.1 Å². The van der Waals surface area contributed by atoms with E-state index in [9.17, 15) is 8.42 Å². The molecule has 6 heteroatoms. The van der Waals surface area contributed by atoms with E-state index in [2.05, 4.69) is 16.7 Å². The van der Waals surface area contributed by atoms with Crippen molar-refractivity contribution in [2.75, 3.05) is 32.4 Å². The summed E-state index contributed by atoms with van der Waals surface area (Å²) in [6.07, 6.45) is 2.23. The minimum Gasteiger partial charge on any atom is -0.399 e. The van der Waals surface area contributed by atoms with Crippen molar-refractivity contribution < 1.29 is 8.42 Å². The van der Waals surface area contributed by atoms with E-state index in [1.54, 1.807) is 24.3 Å². The van der Waals surface area contributed by atoms with Gasteiger partial charge in [0.05, 0.1) is 5.75 Å². The number of piperidine rings is 1. The molecular formula is C14H23N3O2S. The topological polar surface area (TPSA) is 75.4 Å². The third kappa shape index (κ3) is 4.77. The van der Waals surface area contributed by atoms with Crippen molar-refractivity contribution in [1.29, 1.82) is 0 Å². The largest absolute Gasteiger partial charge is 0.399 e. The molecule has 1 aromatic rings. The van der Waals surface area contributed by atoms with E-state index < -0.39 is 10.0 Å². The molecule has 2 rings (SSSR count). The Kier molecular flexibility index (Phi) is 5.01. The van der Waals surface area contributed by atoms with Crippen molar-refractivity contribution in [2.24, 2.45) is 5.92 Å². The van der Waals surface area contributed by atoms with Gasteiger partial charge in [-0.2, -0.15) is 0 Å². The van der Waals surface area contributed by atoms with Crippen LogP contribution in [0.4, 0.5) is 5.69 Å². The molecule has 0 aromatic heterocycles. The van der Waals surface area contributed by atoms with Gasteiger partial charge in [-0.3, -0.25) is 0 Å². The van der Waals surface area contributed by atoms with Crippen LogP contribution < -0.4 is 10.5 Å². The van der Waals surface area contributed by atoms with Gasteiger partial charge < -0.3 is 10.6 Å². The second-order valence-electron chi connectivity index (χ2n) is 5.62. The first-order chi connectivity index (χ1) is 9.44. The highest BCUT2D eigenvalue weighted by Crippen LogP contribution is 2.15. The van der Waals surface area contributed by atoms with Gasteiger partial charge in [0.25, 0.3) is 0 Å². The van der Waals surface area contributed by atoms with E-state index in [-0.39, 0.29) is 5.75 Å². The summed E-state index contributed by atoms with van der Waals surface area (Å²) in [7, 11) is -1.22. The van der Waals surface area contributed by atoms with E-state index >= 15 is 0 Å². The van der Waals surface area contributed by atoms with Crippen molar-refractivity contribution in [3.05, 3.63) is 29.8 Å². The normalized spacial score (nSPS) is 20.9. The van der Waals surface area contributed by atoms with Gasteiger partial charge in [0, 0.05) is 18.8 Å². The molecule has 1 heterocycles. The predicted molar refractivity (Wildman–Crippen MR) is 81.7 cm³/mol. The van der Waals surface area contributed by atoms with Crippen LogP contribution in [0.3, 0.4) is 0 Å². The van der Waals surface area contributed by atoms with Crippen LogP contribution in [-0.2, 0) is 15.8 Å². The Morgan fingerprint density at radius 2 is 2.25 bits per heavy atom. The summed E-state index contributed by atoms with van der Waals surface area (Å²) < 4.78 is 26.9. The van der Waals surface area contributed by atoms with Crippen molar-refractivity contribution in [2.45, 2.75) is 18.6 Å². The highest BCUT2D eigenvalue weighted by Gasteiger charge is 2.19. The maximum atomic E-state index is 12.1. The fraction of sp³-hybridized carbons (Fsp3) is 0.571. The molecule has 0 saturated carbocycles. The maximum Gasteiger partial charge on any atom is 0.215 e. The Morgan fingerprint density at radius 3 is 2.95 bits per heavy atom. The van der Waals surface area contributed by atoms with Crippen LogP contribution in [-0.4, -0.2) is 40.0 Å². The second-order valence-corrected chi connectivity index (χ2v) is 7.43. The molecule has 1 saturated heterocycles. The molecular weight excluding hydrogens is 274 g/mol. The lowest BCUT2D eigenvalue weighted by Gasteiger charge is -2.29. The van der Waals surface area contributed by atoms with Crippen LogP contribution in [0.15, 0.2) is 24.3 Å². The van der Waals surface area contributed by atoms with Crippen LogP contribution in [0, 0.1) is 5.92 Å². The number of nitrogen functional groups attached to an aromatic ring is 1. The fourth-order valence-electron chi connectivity index (χ4n) is 2.64. The predicted octanol–water partition coefficient (Wildman–Crippen LogP) is 1.03. The van der Waals surface area contributed by atoms with Crippen LogP contribution >= 0.6 is 0 Å². The summed E-state index contributed by atoms with van der Waals surface area (Å²) in [5, 5.41) is 0. The molecule has 20 heavy (non-hydrogen) atoms. The zero-order valence-corrected chi connectivity index (χ0v) is 12.7. The van der Waals surface area contributed by atoms with Crippen molar-refractivity contribution >= 4 is 15.7 Å². The standard InChI is InChI=1S/C14H23N3O2S/c1-17-7-3-5-13(10-17)9-16-20(18,19)11-12-4-2-6-14(15)8-12/h2,4,6,8,13,16H,3,5,7,9-11,15H2,1H3. The zero-order chi connectivity index (χ0) is 14.6. The van der Waals surface area contributed by atoms with Crippen molar-refractivity contribution in [3.8, 4) is 0 Å². The fourth-order valence-corrected chi connectivity index (χ4v) is 3.85. The molecule has 1 unspecified atom stereocenters. The summed E-state index contributed by atoms with van der Waals surface area (Å²) in [6.45, 7) is 2.59. The molecule has 0 spiro atoms. The van der Waals surface area contributed by atoms with Gasteiger partial charge in [0.15, 0.2) is 0 Å². The lowest BCUT2D eigenvalue weighted by Crippen LogP contribution is -2.39. The molecule has 1 aromatic carbocycles. The lowest BCUT2D eigenvalue weighted by atomic mass is 9.99. The van der Waals surface area contributed by atoms with E-state index in [4.69, 9.17) is 5.73 Å². The molecule has 5 nitrogen and oxygen atoms in total. The van der Waals surface area contributed by atoms with Gasteiger partial charge in [-0.05, 0) is 50.0 Å². The first-order valence-corrected chi connectivity index (χ1v) is 8.60. The number of sulfonamides is 1. The maximum absolute atomic E-state index is 12.1. The summed E-state index contributed by atoms with van der Waals surface area (Å²) in [4.78, 5) is 2.25. The lowest BCUT2D eigenvalue weighted by molar-refractivity contribution is 0.211. The Balaban J connectivity index is 1.87. The Bertz CT molecular complexity index is 545. The number of nitrogens with two attached hydrogens (primary N) is 1. The number of rotatable bonds is 5. The summed E-state index contributed by atoms with van der Waals surface area (Å²) in [5.41, 5.74) is 6.97. The average molecular weight is 297 g/mol. The first kappa shape index (κ1) is 15.3. The number of hydrogen-bond donors (Lipinski definition) is 2. The van der Waals surface area contributed by atoms with E-state index in [1.165, 1.54) is 0 Å². The Labute approximate surface area is 121 Å². The third-order valence-corrected chi connectivity index (χ3v) is 4.94. The van der Waals surface area contributed by atoms with Gasteiger partial charge in [-0.1, -0.05) is 12.1 Å². The summed E-state index contributed by atoms with van der Waals surface area (Å²) >= 11 is 0. The van der Waals surface area contributed by atoms with E-state index in [1.807, 2.05) is 0 Å². The summed E-state index contributed by atoms with van der Waals surface area (Å²) in [6, 6.07) is 7.01. The third-order valence-electron chi connectivity index (χ3n) is 3.62. The SMILES string of the molecule is CN1CCCC(CNS(=O)(=O)Cc2cccc(N)c2)C1. The van der Waals surface area contributed by atoms with Crippen LogP contribution in [0.1, 0.15) is 18.4 Å². The first-order valence-electron chi connectivity index (χ1n) is 6.95. The average Bonchev–Trinajstić information content (AvgIpc) is 2.36. The molecule has 1 atom stereocenters. The van der Waals surface area contributed by atoms with E-state index in [0.717, 1.165) is 31.5 Å². The molecule has 0 radical (unpaired) electrons. The molecule has 1 aliphatic heterocycles. The molecule has 112 valence electrons. The number of benzene rings is 1. The number of anilines is 1. The number of hydrogen-bond acceptors (Lipinski definition) is 4. The second kappa shape index (κ2) is 6.56. The highest BCUT2D eigenvalue weighted by molar-refractivity contribution is 7.88. The van der Waals surface area contributed by atoms with Crippen molar-refractivity contribution in [1.82, 2.24) is 9.62 Å². The van der Waals surface area contributed by atoms with Gasteiger partial charge in [0.1, 0.15) is 0 Å².